The number of nitriles is 1. The number of aliphatic hydroxyl groups excluding tert-OH is 1. The van der Waals surface area contributed by atoms with Gasteiger partial charge < -0.3 is 10.4 Å². The summed E-state index contributed by atoms with van der Waals surface area (Å²) in [6.45, 7) is 2.52. The molecule has 2 N–H and O–H groups in total. The van der Waals surface area contributed by atoms with Gasteiger partial charge in [-0.15, -0.1) is 11.8 Å². The molecule has 0 saturated heterocycles. The van der Waals surface area contributed by atoms with E-state index in [1.165, 1.54) is 35.7 Å². The number of anilines is 1. The molecule has 130 valence electrons. The van der Waals surface area contributed by atoms with E-state index in [1.807, 2.05) is 37.3 Å². The predicted octanol–water partition coefficient (Wildman–Crippen LogP) is 3.71. The van der Waals surface area contributed by atoms with E-state index < -0.39 is 6.10 Å². The maximum Gasteiger partial charge on any atom is 0.114 e. The molecule has 0 bridgehead atoms. The first-order chi connectivity index (χ1) is 12.2. The van der Waals surface area contributed by atoms with E-state index in [9.17, 15) is 10.4 Å². The van der Waals surface area contributed by atoms with Crippen LogP contribution in [0.3, 0.4) is 0 Å². The average Bonchev–Trinajstić information content (AvgIpc) is 2.65. The van der Waals surface area contributed by atoms with Crippen molar-refractivity contribution in [2.45, 2.75) is 43.7 Å². The number of aliphatic hydroxyl groups is 1. The fourth-order valence-corrected chi connectivity index (χ4v) is 3.85. The molecule has 0 saturated carbocycles. The molecule has 0 fully saturated rings. The van der Waals surface area contributed by atoms with Gasteiger partial charge in [0.05, 0.1) is 11.7 Å². The van der Waals surface area contributed by atoms with Crippen molar-refractivity contribution >= 4 is 17.4 Å². The summed E-state index contributed by atoms with van der Waals surface area (Å²) >= 11 is 1.47. The first kappa shape index (κ1) is 17.8. The summed E-state index contributed by atoms with van der Waals surface area (Å²) in [4.78, 5) is 4.69. The zero-order valence-electron chi connectivity index (χ0n) is 14.5. The number of fused-ring (bicyclic) bond motifs is 1. The fourth-order valence-electron chi connectivity index (χ4n) is 2.95. The lowest BCUT2D eigenvalue weighted by molar-refractivity contribution is 0.213. The van der Waals surface area contributed by atoms with Crippen LogP contribution in [0.1, 0.15) is 35.2 Å². The van der Waals surface area contributed by atoms with Crippen LogP contribution in [0.25, 0.3) is 0 Å². The monoisotopic (exact) mass is 353 g/mol. The Bertz CT molecular complexity index is 768. The Morgan fingerprint density at radius 3 is 2.80 bits per heavy atom. The molecule has 1 atom stereocenters. The standard InChI is InChI=1S/C20H23N3OS/c1-14-6-8-17(9-7-14)22-12-18(24)13-25-20-16(11-21)10-15-4-2-3-5-19(15)23-20/h6-10,18,22,24H,2-5,12-13H2,1H3/t18-/m0/s1. The SMILES string of the molecule is Cc1ccc(NC[C@H](O)CSc2nc3c(cc2C#N)CCCC3)cc1. The van der Waals surface area contributed by atoms with Crippen LogP contribution in [0.5, 0.6) is 0 Å². The second-order valence-electron chi connectivity index (χ2n) is 6.48. The van der Waals surface area contributed by atoms with Gasteiger partial charge in [0, 0.05) is 23.7 Å². The smallest absolute Gasteiger partial charge is 0.114 e. The number of pyridine rings is 1. The predicted molar refractivity (Wildman–Crippen MR) is 102 cm³/mol. The van der Waals surface area contributed by atoms with Gasteiger partial charge in [0.1, 0.15) is 11.1 Å². The number of aromatic nitrogens is 1. The third-order valence-corrected chi connectivity index (χ3v) is 5.53. The van der Waals surface area contributed by atoms with Gasteiger partial charge in [0.2, 0.25) is 0 Å². The Morgan fingerprint density at radius 2 is 2.04 bits per heavy atom. The van der Waals surface area contributed by atoms with Crippen molar-refractivity contribution in [3.63, 3.8) is 0 Å². The molecule has 1 aromatic heterocycles. The highest BCUT2D eigenvalue weighted by atomic mass is 32.2. The molecule has 4 nitrogen and oxygen atoms in total. The number of benzene rings is 1. The van der Waals surface area contributed by atoms with Crippen molar-refractivity contribution in [3.05, 3.63) is 52.7 Å². The number of nitrogens with zero attached hydrogens (tertiary/aromatic N) is 2. The van der Waals surface area contributed by atoms with Gasteiger partial charge in [-0.2, -0.15) is 5.26 Å². The average molecular weight is 353 g/mol. The summed E-state index contributed by atoms with van der Waals surface area (Å²) in [5.74, 6) is 0.513. The zero-order chi connectivity index (χ0) is 17.6. The lowest BCUT2D eigenvalue weighted by atomic mass is 9.95. The number of hydrogen-bond acceptors (Lipinski definition) is 5. The van der Waals surface area contributed by atoms with Gasteiger partial charge in [-0.05, 0) is 56.4 Å². The number of aryl methyl sites for hydroxylation is 3. The minimum absolute atomic E-state index is 0.475. The van der Waals surface area contributed by atoms with Gasteiger partial charge in [-0.1, -0.05) is 17.7 Å². The fraction of sp³-hybridized carbons (Fsp3) is 0.400. The van der Waals surface area contributed by atoms with E-state index in [2.05, 4.69) is 11.4 Å². The van der Waals surface area contributed by atoms with Crippen LogP contribution in [-0.2, 0) is 12.8 Å². The maximum absolute atomic E-state index is 10.2. The Morgan fingerprint density at radius 1 is 1.28 bits per heavy atom. The van der Waals surface area contributed by atoms with Crippen molar-refractivity contribution in [3.8, 4) is 6.07 Å². The van der Waals surface area contributed by atoms with Crippen molar-refractivity contribution in [2.75, 3.05) is 17.6 Å². The van der Waals surface area contributed by atoms with Gasteiger partial charge in [0.15, 0.2) is 0 Å². The molecule has 1 aliphatic rings. The number of thioether (sulfide) groups is 1. The van der Waals surface area contributed by atoms with Crippen molar-refractivity contribution < 1.29 is 5.11 Å². The molecule has 0 amide bonds. The minimum Gasteiger partial charge on any atom is -0.390 e. The molecule has 3 rings (SSSR count). The Hall–Kier alpha value is -2.03. The molecular weight excluding hydrogens is 330 g/mol. The molecule has 0 unspecified atom stereocenters. The first-order valence-electron chi connectivity index (χ1n) is 8.70. The van der Waals surface area contributed by atoms with E-state index in [0.717, 1.165) is 29.2 Å². The lowest BCUT2D eigenvalue weighted by Gasteiger charge is -2.17. The second-order valence-corrected chi connectivity index (χ2v) is 7.49. The van der Waals surface area contributed by atoms with E-state index in [0.29, 0.717) is 17.9 Å². The van der Waals surface area contributed by atoms with Crippen LogP contribution in [0.4, 0.5) is 5.69 Å². The molecule has 0 radical (unpaired) electrons. The Balaban J connectivity index is 1.57. The highest BCUT2D eigenvalue weighted by Crippen LogP contribution is 2.27. The summed E-state index contributed by atoms with van der Waals surface area (Å²) in [5.41, 5.74) is 5.18. The Labute approximate surface area is 153 Å². The second kappa shape index (κ2) is 8.37. The molecule has 0 spiro atoms. The number of nitrogens with one attached hydrogen (secondary N) is 1. The van der Waals surface area contributed by atoms with E-state index in [4.69, 9.17) is 4.98 Å². The lowest BCUT2D eigenvalue weighted by Crippen LogP contribution is -2.22. The highest BCUT2D eigenvalue weighted by Gasteiger charge is 2.16. The van der Waals surface area contributed by atoms with Crippen LogP contribution < -0.4 is 5.32 Å². The van der Waals surface area contributed by atoms with Gasteiger partial charge in [0.25, 0.3) is 0 Å². The van der Waals surface area contributed by atoms with Crippen LogP contribution in [0.15, 0.2) is 35.4 Å². The minimum atomic E-state index is -0.504. The summed E-state index contributed by atoms with van der Waals surface area (Å²) in [7, 11) is 0. The van der Waals surface area contributed by atoms with E-state index in [1.54, 1.807) is 0 Å². The van der Waals surface area contributed by atoms with Crippen molar-refractivity contribution in [2.24, 2.45) is 0 Å². The highest BCUT2D eigenvalue weighted by molar-refractivity contribution is 7.99. The van der Waals surface area contributed by atoms with Crippen molar-refractivity contribution in [1.82, 2.24) is 4.98 Å². The summed E-state index contributed by atoms with van der Waals surface area (Å²) < 4.78 is 0. The van der Waals surface area contributed by atoms with Crippen LogP contribution in [0.2, 0.25) is 0 Å². The topological polar surface area (TPSA) is 68.9 Å². The summed E-state index contributed by atoms with van der Waals surface area (Å²) in [5, 5.41) is 23.6. The van der Waals surface area contributed by atoms with Gasteiger partial charge in [-0.25, -0.2) is 4.98 Å². The molecular formula is C20H23N3OS. The summed E-state index contributed by atoms with van der Waals surface area (Å²) in [6.07, 6.45) is 3.85. The first-order valence-corrected chi connectivity index (χ1v) is 9.68. The molecule has 0 aliphatic heterocycles. The van der Waals surface area contributed by atoms with Crippen LogP contribution in [0, 0.1) is 18.3 Å². The molecule has 2 aromatic rings. The number of hydrogen-bond donors (Lipinski definition) is 2. The zero-order valence-corrected chi connectivity index (χ0v) is 15.3. The number of rotatable bonds is 6. The van der Waals surface area contributed by atoms with Gasteiger partial charge >= 0.3 is 0 Å². The molecule has 1 aromatic carbocycles. The largest absolute Gasteiger partial charge is 0.390 e. The molecule has 5 heteroatoms. The quantitative estimate of drug-likeness (QED) is 0.775. The normalized spacial score (nSPS) is 14.4. The van der Waals surface area contributed by atoms with Crippen molar-refractivity contribution in [1.29, 1.82) is 5.26 Å². The maximum atomic E-state index is 10.2. The summed E-state index contributed by atoms with van der Waals surface area (Å²) in [6, 6.07) is 12.3. The van der Waals surface area contributed by atoms with Crippen LogP contribution in [-0.4, -0.2) is 28.5 Å². The molecule has 25 heavy (non-hydrogen) atoms. The Kier molecular flexibility index (Phi) is 5.95. The van der Waals surface area contributed by atoms with Gasteiger partial charge in [-0.3, -0.25) is 0 Å². The van der Waals surface area contributed by atoms with E-state index >= 15 is 0 Å². The third kappa shape index (κ3) is 4.75. The molecule has 1 aliphatic carbocycles. The molecule has 1 heterocycles. The third-order valence-electron chi connectivity index (χ3n) is 4.39. The van der Waals surface area contributed by atoms with Crippen LogP contribution >= 0.6 is 11.8 Å². The van der Waals surface area contributed by atoms with E-state index in [-0.39, 0.29) is 0 Å².